The maximum absolute atomic E-state index is 11.8. The highest BCUT2D eigenvalue weighted by Gasteiger charge is 2.28. The highest BCUT2D eigenvalue weighted by Crippen LogP contribution is 2.11. The number of carbonyl (C=O) groups excluding carboxylic acids is 1. The van der Waals surface area contributed by atoms with E-state index in [1.165, 1.54) is 7.11 Å². The highest BCUT2D eigenvalue weighted by atomic mass is 16.5. The first-order valence-corrected chi connectivity index (χ1v) is 5.23. The lowest BCUT2D eigenvalue weighted by molar-refractivity contribution is -0.145. The summed E-state index contributed by atoms with van der Waals surface area (Å²) < 4.78 is 10.4. The number of hydrogen-bond donors (Lipinski definition) is 1. The lowest BCUT2D eigenvalue weighted by Crippen LogP contribution is -2.54. The summed E-state index contributed by atoms with van der Waals surface area (Å²) in [4.78, 5) is 13.6. The van der Waals surface area contributed by atoms with E-state index in [-0.39, 0.29) is 24.7 Å². The minimum absolute atomic E-state index is 0.0566. The smallest absolute Gasteiger partial charge is 0.242 e. The summed E-state index contributed by atoms with van der Waals surface area (Å²) >= 11 is 0. The van der Waals surface area contributed by atoms with Crippen LogP contribution in [0.5, 0.6) is 0 Å². The number of amides is 1. The van der Waals surface area contributed by atoms with Crippen molar-refractivity contribution in [3.8, 4) is 0 Å². The van der Waals surface area contributed by atoms with Crippen molar-refractivity contribution in [1.82, 2.24) is 4.90 Å². The summed E-state index contributed by atoms with van der Waals surface area (Å²) in [7, 11) is 1.54. The van der Waals surface area contributed by atoms with Gasteiger partial charge >= 0.3 is 0 Å². The van der Waals surface area contributed by atoms with Gasteiger partial charge in [0.25, 0.3) is 0 Å². The van der Waals surface area contributed by atoms with E-state index in [4.69, 9.17) is 15.2 Å². The number of morpholine rings is 1. The normalized spacial score (nSPS) is 28.9. The zero-order valence-electron chi connectivity index (χ0n) is 9.60. The number of carbonyl (C=O) groups is 1. The molecule has 1 saturated heterocycles. The molecule has 0 spiro atoms. The fourth-order valence-corrected chi connectivity index (χ4v) is 1.84. The molecule has 0 radical (unpaired) electrons. The van der Waals surface area contributed by atoms with Crippen molar-refractivity contribution < 1.29 is 14.3 Å². The van der Waals surface area contributed by atoms with Crippen molar-refractivity contribution in [2.75, 3.05) is 26.8 Å². The third-order valence-corrected chi connectivity index (χ3v) is 2.39. The minimum atomic E-state index is -0.563. The van der Waals surface area contributed by atoms with Crippen LogP contribution in [0.3, 0.4) is 0 Å². The second-order valence-electron chi connectivity index (χ2n) is 4.06. The molecule has 1 aliphatic rings. The Bertz CT molecular complexity index is 213. The Labute approximate surface area is 90.5 Å². The Hall–Kier alpha value is -0.650. The van der Waals surface area contributed by atoms with Gasteiger partial charge in [-0.1, -0.05) is 0 Å². The van der Waals surface area contributed by atoms with Gasteiger partial charge in [0.1, 0.15) is 6.04 Å². The molecule has 0 bridgehead atoms. The van der Waals surface area contributed by atoms with Gasteiger partial charge in [-0.2, -0.15) is 0 Å². The van der Waals surface area contributed by atoms with E-state index in [0.29, 0.717) is 13.1 Å². The molecule has 1 amide bonds. The largest absolute Gasteiger partial charge is 0.383 e. The summed E-state index contributed by atoms with van der Waals surface area (Å²) in [6.07, 6.45) is 0.153. The predicted octanol–water partition coefficient (Wildman–Crippen LogP) is -0.404. The Morgan fingerprint density at radius 2 is 2.07 bits per heavy atom. The molecule has 0 aromatic heterocycles. The molecule has 0 aromatic carbocycles. The molecular formula is C10H20N2O3. The summed E-state index contributed by atoms with van der Waals surface area (Å²) in [5.74, 6) is -0.0566. The maximum Gasteiger partial charge on any atom is 0.242 e. The lowest BCUT2D eigenvalue weighted by atomic mass is 10.2. The van der Waals surface area contributed by atoms with Crippen LogP contribution in [0, 0.1) is 0 Å². The number of nitrogens with zero attached hydrogens (tertiary/aromatic N) is 1. The monoisotopic (exact) mass is 216 g/mol. The van der Waals surface area contributed by atoms with Crippen LogP contribution in [-0.2, 0) is 14.3 Å². The van der Waals surface area contributed by atoms with Gasteiger partial charge in [0.05, 0.1) is 18.8 Å². The van der Waals surface area contributed by atoms with Crippen LogP contribution in [0.25, 0.3) is 0 Å². The van der Waals surface area contributed by atoms with Crippen LogP contribution in [0.4, 0.5) is 0 Å². The van der Waals surface area contributed by atoms with Crippen molar-refractivity contribution >= 4 is 5.91 Å². The molecule has 0 aromatic rings. The molecule has 3 atom stereocenters. The fourth-order valence-electron chi connectivity index (χ4n) is 1.84. The first kappa shape index (κ1) is 12.4. The van der Waals surface area contributed by atoms with Crippen molar-refractivity contribution in [3.05, 3.63) is 0 Å². The number of hydrogen-bond acceptors (Lipinski definition) is 4. The minimum Gasteiger partial charge on any atom is -0.383 e. The van der Waals surface area contributed by atoms with E-state index in [1.54, 1.807) is 4.90 Å². The van der Waals surface area contributed by atoms with Gasteiger partial charge in [0.2, 0.25) is 5.91 Å². The van der Waals surface area contributed by atoms with Gasteiger partial charge in [-0.3, -0.25) is 4.79 Å². The van der Waals surface area contributed by atoms with Gasteiger partial charge in [0, 0.05) is 20.2 Å². The molecule has 0 saturated carbocycles. The molecule has 0 aliphatic carbocycles. The topological polar surface area (TPSA) is 64.8 Å². The zero-order valence-corrected chi connectivity index (χ0v) is 9.60. The summed E-state index contributed by atoms with van der Waals surface area (Å²) in [5.41, 5.74) is 5.69. The number of nitrogens with two attached hydrogens (primary N) is 1. The predicted molar refractivity (Wildman–Crippen MR) is 56.4 cm³/mol. The van der Waals surface area contributed by atoms with Crippen LogP contribution in [0.15, 0.2) is 0 Å². The third kappa shape index (κ3) is 3.44. The van der Waals surface area contributed by atoms with Gasteiger partial charge in [-0.05, 0) is 13.8 Å². The quantitative estimate of drug-likeness (QED) is 0.697. The lowest BCUT2D eigenvalue weighted by Gasteiger charge is -2.36. The van der Waals surface area contributed by atoms with Crippen molar-refractivity contribution in [3.63, 3.8) is 0 Å². The Morgan fingerprint density at radius 1 is 1.53 bits per heavy atom. The third-order valence-electron chi connectivity index (χ3n) is 2.39. The summed E-state index contributed by atoms with van der Waals surface area (Å²) in [6, 6.07) is -0.563. The van der Waals surface area contributed by atoms with Crippen LogP contribution < -0.4 is 5.73 Å². The Balaban J connectivity index is 2.51. The average Bonchev–Trinajstić information content (AvgIpc) is 2.15. The van der Waals surface area contributed by atoms with Crippen LogP contribution in [-0.4, -0.2) is 55.9 Å². The van der Waals surface area contributed by atoms with Crippen molar-refractivity contribution in [2.45, 2.75) is 32.1 Å². The van der Waals surface area contributed by atoms with Gasteiger partial charge in [-0.25, -0.2) is 0 Å². The zero-order chi connectivity index (χ0) is 11.4. The first-order valence-electron chi connectivity index (χ1n) is 5.23. The standard InChI is InChI=1S/C10H20N2O3/c1-7-4-12(5-8(2)15-7)10(13)9(11)6-14-3/h7-9H,4-6,11H2,1-3H3/t7-,8+,9?. The number of rotatable bonds is 3. The number of ether oxygens (including phenoxy) is 2. The van der Waals surface area contributed by atoms with E-state index in [2.05, 4.69) is 0 Å². The van der Waals surface area contributed by atoms with E-state index in [9.17, 15) is 4.79 Å². The first-order chi connectivity index (χ1) is 7.04. The van der Waals surface area contributed by atoms with Crippen LogP contribution in [0.1, 0.15) is 13.8 Å². The molecule has 5 heteroatoms. The highest BCUT2D eigenvalue weighted by molar-refractivity contribution is 5.81. The maximum atomic E-state index is 11.8. The summed E-state index contributed by atoms with van der Waals surface area (Å²) in [5, 5.41) is 0. The van der Waals surface area contributed by atoms with Gasteiger partial charge < -0.3 is 20.1 Å². The van der Waals surface area contributed by atoms with E-state index < -0.39 is 6.04 Å². The summed E-state index contributed by atoms with van der Waals surface area (Å²) in [6.45, 7) is 5.40. The fraction of sp³-hybridized carbons (Fsp3) is 0.900. The van der Waals surface area contributed by atoms with Crippen molar-refractivity contribution in [1.29, 1.82) is 0 Å². The molecule has 2 N–H and O–H groups in total. The average molecular weight is 216 g/mol. The van der Waals surface area contributed by atoms with E-state index >= 15 is 0 Å². The Kier molecular flexibility index (Phi) is 4.50. The molecule has 1 fully saturated rings. The van der Waals surface area contributed by atoms with E-state index in [0.717, 1.165) is 0 Å². The second kappa shape index (κ2) is 5.44. The molecule has 88 valence electrons. The molecule has 15 heavy (non-hydrogen) atoms. The molecule has 1 rings (SSSR count). The second-order valence-corrected chi connectivity index (χ2v) is 4.06. The van der Waals surface area contributed by atoms with Crippen LogP contribution >= 0.6 is 0 Å². The SMILES string of the molecule is COCC(N)C(=O)N1C[C@@H](C)O[C@@H](C)C1. The Morgan fingerprint density at radius 3 is 2.53 bits per heavy atom. The van der Waals surface area contributed by atoms with Gasteiger partial charge in [-0.15, -0.1) is 0 Å². The van der Waals surface area contributed by atoms with Crippen molar-refractivity contribution in [2.24, 2.45) is 5.73 Å². The molecule has 1 aliphatic heterocycles. The molecular weight excluding hydrogens is 196 g/mol. The molecule has 5 nitrogen and oxygen atoms in total. The molecule has 1 unspecified atom stereocenters. The van der Waals surface area contributed by atoms with Crippen LogP contribution in [0.2, 0.25) is 0 Å². The van der Waals surface area contributed by atoms with Gasteiger partial charge in [0.15, 0.2) is 0 Å². The molecule has 1 heterocycles. The number of methoxy groups -OCH3 is 1. The van der Waals surface area contributed by atoms with E-state index in [1.807, 2.05) is 13.8 Å².